The molecule has 0 amide bonds. The fourth-order valence-corrected chi connectivity index (χ4v) is 18.4. The zero-order valence-electron chi connectivity index (χ0n) is 15.2. The number of hydrogen-bond acceptors (Lipinski definition) is 1. The van der Waals surface area contributed by atoms with Gasteiger partial charge in [0.25, 0.3) is 0 Å². The average Bonchev–Trinajstić information content (AvgIpc) is 2.63. The van der Waals surface area contributed by atoms with Gasteiger partial charge in [0.05, 0.1) is 0 Å². The molecule has 0 aromatic rings. The quantitative estimate of drug-likeness (QED) is 0.491. The average molecular weight is 405 g/mol. The molecule has 136 valence electrons. The van der Waals surface area contributed by atoms with E-state index in [2.05, 4.69) is 22.4 Å². The third-order valence-corrected chi connectivity index (χ3v) is 22.6. The molecule has 0 bridgehead atoms. The summed E-state index contributed by atoms with van der Waals surface area (Å²) in [5.41, 5.74) is 2.42. The minimum atomic E-state index is -2.31. The van der Waals surface area contributed by atoms with Crippen LogP contribution in [0.2, 0.25) is 0 Å². The van der Waals surface area contributed by atoms with E-state index in [0.29, 0.717) is 0 Å². The Morgan fingerprint density at radius 1 is 0.652 bits per heavy atom. The summed E-state index contributed by atoms with van der Waals surface area (Å²) in [6.45, 7) is 2.18. The first kappa shape index (κ1) is 18.7. The van der Waals surface area contributed by atoms with Crippen LogP contribution in [0.4, 0.5) is 0 Å². The summed E-state index contributed by atoms with van der Waals surface area (Å²) in [5.74, 6) is -0.102. The van der Waals surface area contributed by atoms with Gasteiger partial charge in [0, 0.05) is 0 Å². The van der Waals surface area contributed by atoms with Crippen molar-refractivity contribution >= 4 is 20.8 Å². The number of halogens is 1. The molecule has 3 rings (SSSR count). The second-order valence-corrected chi connectivity index (χ2v) is 19.2. The Bertz CT molecular complexity index is 331. The number of aliphatic hydroxyl groups excluding tert-OH is 1. The van der Waals surface area contributed by atoms with Crippen molar-refractivity contribution in [2.45, 2.75) is 126 Å². The molecule has 1 atom stereocenters. The Kier molecular flexibility index (Phi) is 6.19. The zero-order valence-corrected chi connectivity index (χ0v) is 17.7. The van der Waals surface area contributed by atoms with Gasteiger partial charge in [-0.25, -0.2) is 0 Å². The van der Waals surface area contributed by atoms with Gasteiger partial charge < -0.3 is 0 Å². The summed E-state index contributed by atoms with van der Waals surface area (Å²) in [7, 11) is 0. The van der Waals surface area contributed by atoms with E-state index in [4.69, 9.17) is 0 Å². The Labute approximate surface area is 152 Å². The van der Waals surface area contributed by atoms with E-state index >= 15 is 0 Å². The van der Waals surface area contributed by atoms with Gasteiger partial charge in [-0.2, -0.15) is 0 Å². The van der Waals surface area contributed by atoms with E-state index in [-0.39, 0.29) is 5.85 Å². The zero-order chi connectivity index (χ0) is 16.4. The predicted octanol–water partition coefficient (Wildman–Crippen LogP) is 7.19. The second-order valence-electron chi connectivity index (χ2n) is 8.79. The monoisotopic (exact) mass is 404 g/mol. The standard InChI is InChI=1S/C20H38BrOP/c1-17(22)23(21,18-11-5-2-6-12-18,19-13-7-3-8-14-19)20-15-9-4-10-16-20/h17-20,22H,2-16H2,1H3. The van der Waals surface area contributed by atoms with Crippen LogP contribution in [0.5, 0.6) is 0 Å². The van der Waals surface area contributed by atoms with Crippen molar-refractivity contribution in [3.8, 4) is 0 Å². The van der Waals surface area contributed by atoms with Crippen LogP contribution >= 0.6 is 20.8 Å². The van der Waals surface area contributed by atoms with E-state index in [1.165, 1.54) is 96.3 Å². The topological polar surface area (TPSA) is 20.2 Å². The molecule has 1 unspecified atom stereocenters. The molecule has 0 aliphatic heterocycles. The molecule has 3 fully saturated rings. The molecule has 1 N–H and O–H groups in total. The van der Waals surface area contributed by atoms with E-state index in [0.717, 1.165) is 17.0 Å². The Balaban J connectivity index is 2.03. The molecule has 23 heavy (non-hydrogen) atoms. The first-order chi connectivity index (χ1) is 11.1. The minimum absolute atomic E-state index is 0.102. The van der Waals surface area contributed by atoms with Crippen molar-refractivity contribution in [2.24, 2.45) is 0 Å². The van der Waals surface area contributed by atoms with Crippen LogP contribution in [0, 0.1) is 0 Å². The Hall–Kier alpha value is 0.870. The van der Waals surface area contributed by atoms with Gasteiger partial charge in [-0.15, -0.1) is 0 Å². The van der Waals surface area contributed by atoms with E-state index in [9.17, 15) is 5.11 Å². The molecule has 3 aliphatic carbocycles. The maximum absolute atomic E-state index is 11.4. The van der Waals surface area contributed by atoms with Crippen LogP contribution in [-0.4, -0.2) is 27.9 Å². The molecule has 0 radical (unpaired) electrons. The SMILES string of the molecule is CC(O)P(Br)(C1CCCCC1)(C1CCCCC1)C1CCCCC1. The van der Waals surface area contributed by atoms with Gasteiger partial charge in [0.1, 0.15) is 0 Å². The van der Waals surface area contributed by atoms with E-state index < -0.39 is 5.31 Å². The molecule has 3 heteroatoms. The first-order valence-electron chi connectivity index (χ1n) is 10.5. The molecule has 0 heterocycles. The maximum atomic E-state index is 11.4. The summed E-state index contributed by atoms with van der Waals surface area (Å²) in [6.07, 6.45) is 21.0. The third-order valence-electron chi connectivity index (χ3n) is 7.82. The van der Waals surface area contributed by atoms with Crippen molar-refractivity contribution in [3.63, 3.8) is 0 Å². The van der Waals surface area contributed by atoms with Crippen LogP contribution in [0.25, 0.3) is 0 Å². The summed E-state index contributed by atoms with van der Waals surface area (Å²) in [4.78, 5) is 0. The first-order valence-corrected chi connectivity index (χ1v) is 15.0. The van der Waals surface area contributed by atoms with Crippen LogP contribution in [0.15, 0.2) is 0 Å². The molecule has 0 aromatic heterocycles. The van der Waals surface area contributed by atoms with Crippen molar-refractivity contribution in [1.82, 2.24) is 0 Å². The molecule has 1 nitrogen and oxygen atoms in total. The molecule has 0 aromatic carbocycles. The summed E-state index contributed by atoms with van der Waals surface area (Å²) in [5, 5.41) is 9.08. The number of aliphatic hydroxyl groups is 1. The van der Waals surface area contributed by atoms with Gasteiger partial charge in [0.15, 0.2) is 0 Å². The van der Waals surface area contributed by atoms with Crippen molar-refractivity contribution in [1.29, 1.82) is 0 Å². The molecule has 3 saturated carbocycles. The fraction of sp³-hybridized carbons (Fsp3) is 1.00. The summed E-state index contributed by atoms with van der Waals surface area (Å²) in [6, 6.07) is 0. The molecule has 3 aliphatic rings. The van der Waals surface area contributed by atoms with E-state index in [1.807, 2.05) is 0 Å². The van der Waals surface area contributed by atoms with Gasteiger partial charge in [-0.05, 0) is 0 Å². The van der Waals surface area contributed by atoms with E-state index in [1.54, 1.807) is 0 Å². The predicted molar refractivity (Wildman–Crippen MR) is 108 cm³/mol. The fourth-order valence-electron chi connectivity index (χ4n) is 6.69. The van der Waals surface area contributed by atoms with Gasteiger partial charge in [0.2, 0.25) is 0 Å². The summed E-state index contributed by atoms with van der Waals surface area (Å²) < 4.78 is 0. The number of rotatable bonds is 4. The molecular weight excluding hydrogens is 367 g/mol. The Morgan fingerprint density at radius 2 is 0.913 bits per heavy atom. The molecule has 0 saturated heterocycles. The van der Waals surface area contributed by atoms with Gasteiger partial charge >= 0.3 is 152 Å². The Morgan fingerprint density at radius 3 is 1.13 bits per heavy atom. The van der Waals surface area contributed by atoms with Crippen LogP contribution in [-0.2, 0) is 0 Å². The van der Waals surface area contributed by atoms with Crippen molar-refractivity contribution in [3.05, 3.63) is 0 Å². The van der Waals surface area contributed by atoms with Gasteiger partial charge in [-0.1, -0.05) is 0 Å². The van der Waals surface area contributed by atoms with Gasteiger partial charge in [-0.3, -0.25) is 0 Å². The van der Waals surface area contributed by atoms with Crippen LogP contribution in [0.1, 0.15) is 103 Å². The third kappa shape index (κ3) is 3.08. The van der Waals surface area contributed by atoms with Crippen molar-refractivity contribution in [2.75, 3.05) is 0 Å². The molecule has 0 spiro atoms. The van der Waals surface area contributed by atoms with Crippen LogP contribution < -0.4 is 0 Å². The molecular formula is C20H38BrOP. The summed E-state index contributed by atoms with van der Waals surface area (Å²) >= 11 is 4.62. The number of hydrogen-bond donors (Lipinski definition) is 1. The van der Waals surface area contributed by atoms with Crippen molar-refractivity contribution < 1.29 is 5.11 Å². The second kappa shape index (κ2) is 7.63. The normalized spacial score (nSPS) is 29.8. The van der Waals surface area contributed by atoms with Crippen LogP contribution in [0.3, 0.4) is 0 Å².